The van der Waals surface area contributed by atoms with Gasteiger partial charge in [-0.1, -0.05) is 6.92 Å². The van der Waals surface area contributed by atoms with Crippen molar-refractivity contribution in [3.05, 3.63) is 23.7 Å². The smallest absolute Gasteiger partial charge is 0.315 e. The molecule has 0 fully saturated rings. The van der Waals surface area contributed by atoms with Crippen LogP contribution in [0.1, 0.15) is 30.9 Å². The van der Waals surface area contributed by atoms with Crippen LogP contribution in [-0.4, -0.2) is 38.0 Å². The number of rotatable bonds is 8. The van der Waals surface area contributed by atoms with Crippen LogP contribution in [0.4, 0.5) is 4.79 Å². The highest BCUT2D eigenvalue weighted by atomic mass is 16.5. The van der Waals surface area contributed by atoms with Gasteiger partial charge < -0.3 is 24.9 Å². The second-order valence-electron chi connectivity index (χ2n) is 4.14. The van der Waals surface area contributed by atoms with Gasteiger partial charge in [-0.25, -0.2) is 4.79 Å². The molecule has 0 bridgehead atoms. The molecule has 1 rings (SSSR count). The molecule has 6 heteroatoms. The number of hydrogen-bond donors (Lipinski definition) is 3. The third-order valence-corrected chi connectivity index (χ3v) is 2.63. The molecule has 0 radical (unpaired) electrons. The molecule has 1 atom stereocenters. The van der Waals surface area contributed by atoms with Gasteiger partial charge in [0.2, 0.25) is 0 Å². The summed E-state index contributed by atoms with van der Waals surface area (Å²) in [7, 11) is 1.57. The van der Waals surface area contributed by atoms with E-state index >= 15 is 0 Å². The number of methoxy groups -OCH3 is 1. The first-order valence-electron chi connectivity index (χ1n) is 6.44. The fraction of sp³-hybridized carbons (Fsp3) is 0.615. The third-order valence-electron chi connectivity index (χ3n) is 2.63. The van der Waals surface area contributed by atoms with Gasteiger partial charge in [-0.15, -0.1) is 0 Å². The molecule has 0 aliphatic heterocycles. The summed E-state index contributed by atoms with van der Waals surface area (Å²) in [5.41, 5.74) is 0. The molecule has 1 heterocycles. The van der Waals surface area contributed by atoms with Crippen LogP contribution in [0.25, 0.3) is 0 Å². The van der Waals surface area contributed by atoms with Crippen molar-refractivity contribution in [2.24, 2.45) is 0 Å². The third kappa shape index (κ3) is 5.32. The molecule has 0 spiro atoms. The number of aliphatic hydroxyl groups is 1. The first-order chi connectivity index (χ1) is 9.21. The predicted molar refractivity (Wildman–Crippen MR) is 70.9 cm³/mol. The van der Waals surface area contributed by atoms with Crippen LogP contribution in [0.3, 0.4) is 0 Å². The Kier molecular flexibility index (Phi) is 6.99. The average Bonchev–Trinajstić information content (AvgIpc) is 2.87. The lowest BCUT2D eigenvalue weighted by Gasteiger charge is -2.16. The number of furan rings is 1. The summed E-state index contributed by atoms with van der Waals surface area (Å²) in [5, 5.41) is 14.1. The first-order valence-corrected chi connectivity index (χ1v) is 6.44. The van der Waals surface area contributed by atoms with Crippen molar-refractivity contribution in [2.45, 2.75) is 25.8 Å². The molecule has 1 unspecified atom stereocenters. The van der Waals surface area contributed by atoms with Gasteiger partial charge in [0.15, 0.2) is 0 Å². The molecule has 0 aromatic carbocycles. The van der Waals surface area contributed by atoms with Crippen LogP contribution >= 0.6 is 0 Å². The van der Waals surface area contributed by atoms with Gasteiger partial charge in [0.1, 0.15) is 17.6 Å². The predicted octanol–water partition coefficient (Wildman–Crippen LogP) is 1.21. The van der Waals surface area contributed by atoms with Gasteiger partial charge in [0.05, 0.1) is 6.61 Å². The van der Waals surface area contributed by atoms with E-state index in [9.17, 15) is 4.79 Å². The number of carbonyl (C=O) groups is 1. The molecule has 19 heavy (non-hydrogen) atoms. The fourth-order valence-electron chi connectivity index (χ4n) is 1.62. The van der Waals surface area contributed by atoms with Gasteiger partial charge in [0, 0.05) is 26.7 Å². The van der Waals surface area contributed by atoms with E-state index in [2.05, 4.69) is 10.6 Å². The number of hydrogen-bond acceptors (Lipinski definition) is 4. The Morgan fingerprint density at radius 3 is 2.89 bits per heavy atom. The summed E-state index contributed by atoms with van der Waals surface area (Å²) in [6, 6.07) is 3.12. The Labute approximate surface area is 113 Å². The van der Waals surface area contributed by atoms with Crippen molar-refractivity contribution in [2.75, 3.05) is 26.9 Å². The minimum Gasteiger partial charge on any atom is -0.464 e. The number of nitrogens with one attached hydrogen (secondary N) is 2. The highest BCUT2D eigenvalue weighted by molar-refractivity contribution is 5.74. The summed E-state index contributed by atoms with van der Waals surface area (Å²) < 4.78 is 10.7. The number of amides is 2. The summed E-state index contributed by atoms with van der Waals surface area (Å²) in [5.74, 6) is 1.55. The number of aliphatic hydroxyl groups excluding tert-OH is 1. The molecule has 0 aliphatic carbocycles. The molecular weight excluding hydrogens is 248 g/mol. The Hall–Kier alpha value is -1.53. The SMILES string of the molecule is CCc1ccc(C(COC)NC(=O)NCCCO)o1. The monoisotopic (exact) mass is 270 g/mol. The zero-order chi connectivity index (χ0) is 14.1. The van der Waals surface area contributed by atoms with Gasteiger partial charge in [-0.05, 0) is 18.6 Å². The molecule has 108 valence electrons. The van der Waals surface area contributed by atoms with E-state index in [1.54, 1.807) is 7.11 Å². The minimum absolute atomic E-state index is 0.0554. The van der Waals surface area contributed by atoms with E-state index in [1.807, 2.05) is 19.1 Å². The van der Waals surface area contributed by atoms with Crippen LogP contribution in [0.2, 0.25) is 0 Å². The Balaban J connectivity index is 2.54. The number of ether oxygens (including phenoxy) is 1. The van der Waals surface area contributed by atoms with Crippen molar-refractivity contribution >= 4 is 6.03 Å². The quantitative estimate of drug-likeness (QED) is 0.620. The second kappa shape index (κ2) is 8.55. The van der Waals surface area contributed by atoms with Gasteiger partial charge in [-0.3, -0.25) is 0 Å². The summed E-state index contributed by atoms with van der Waals surface area (Å²) in [4.78, 5) is 11.7. The van der Waals surface area contributed by atoms with Crippen LogP contribution < -0.4 is 10.6 Å². The van der Waals surface area contributed by atoms with E-state index < -0.39 is 0 Å². The van der Waals surface area contributed by atoms with Crippen LogP contribution in [-0.2, 0) is 11.2 Å². The maximum atomic E-state index is 11.7. The molecular formula is C13H22N2O4. The van der Waals surface area contributed by atoms with Crippen molar-refractivity contribution in [1.29, 1.82) is 0 Å². The highest BCUT2D eigenvalue weighted by Crippen LogP contribution is 2.17. The van der Waals surface area contributed by atoms with E-state index in [0.717, 1.165) is 12.2 Å². The first kappa shape index (κ1) is 15.5. The van der Waals surface area contributed by atoms with Crippen LogP contribution in [0.5, 0.6) is 0 Å². The summed E-state index contributed by atoms with van der Waals surface area (Å²) in [6.45, 7) is 2.83. The highest BCUT2D eigenvalue weighted by Gasteiger charge is 2.17. The Bertz CT molecular complexity index is 378. The summed E-state index contributed by atoms with van der Waals surface area (Å²) in [6.07, 6.45) is 1.34. The average molecular weight is 270 g/mol. The standard InChI is InChI=1S/C13H22N2O4/c1-3-10-5-6-12(19-10)11(9-18-2)15-13(17)14-7-4-8-16/h5-6,11,16H,3-4,7-9H2,1-2H3,(H2,14,15,17). The molecule has 1 aromatic rings. The van der Waals surface area contributed by atoms with Gasteiger partial charge >= 0.3 is 6.03 Å². The minimum atomic E-state index is -0.320. The van der Waals surface area contributed by atoms with Crippen molar-refractivity contribution in [1.82, 2.24) is 10.6 Å². The zero-order valence-electron chi connectivity index (χ0n) is 11.4. The van der Waals surface area contributed by atoms with E-state index in [1.165, 1.54) is 0 Å². The normalized spacial score (nSPS) is 12.2. The lowest BCUT2D eigenvalue weighted by atomic mass is 10.2. The molecule has 0 saturated heterocycles. The van der Waals surface area contributed by atoms with Gasteiger partial charge in [0.25, 0.3) is 0 Å². The summed E-state index contributed by atoms with van der Waals surface area (Å²) >= 11 is 0. The Morgan fingerprint density at radius 1 is 1.53 bits per heavy atom. The Morgan fingerprint density at radius 2 is 2.32 bits per heavy atom. The largest absolute Gasteiger partial charge is 0.464 e. The second-order valence-corrected chi connectivity index (χ2v) is 4.14. The number of aryl methyl sites for hydroxylation is 1. The van der Waals surface area contributed by atoms with Gasteiger partial charge in [-0.2, -0.15) is 0 Å². The lowest BCUT2D eigenvalue weighted by molar-refractivity contribution is 0.156. The van der Waals surface area contributed by atoms with Crippen LogP contribution in [0, 0.1) is 0 Å². The molecule has 1 aromatic heterocycles. The fourth-order valence-corrected chi connectivity index (χ4v) is 1.62. The van der Waals surface area contributed by atoms with E-state index in [4.69, 9.17) is 14.3 Å². The van der Waals surface area contributed by atoms with E-state index in [-0.39, 0.29) is 18.7 Å². The van der Waals surface area contributed by atoms with Crippen molar-refractivity contribution < 1.29 is 19.1 Å². The maximum absolute atomic E-state index is 11.7. The molecule has 0 aliphatic rings. The van der Waals surface area contributed by atoms with Crippen molar-refractivity contribution in [3.8, 4) is 0 Å². The number of urea groups is 1. The zero-order valence-corrected chi connectivity index (χ0v) is 11.4. The molecule has 2 amide bonds. The maximum Gasteiger partial charge on any atom is 0.315 e. The topological polar surface area (TPSA) is 83.7 Å². The van der Waals surface area contributed by atoms with Crippen molar-refractivity contribution in [3.63, 3.8) is 0 Å². The van der Waals surface area contributed by atoms with Crippen LogP contribution in [0.15, 0.2) is 16.5 Å². The lowest BCUT2D eigenvalue weighted by Crippen LogP contribution is -2.39. The molecule has 3 N–H and O–H groups in total. The molecule has 0 saturated carbocycles. The molecule has 6 nitrogen and oxygen atoms in total. The number of carbonyl (C=O) groups excluding carboxylic acids is 1. The van der Waals surface area contributed by atoms with E-state index in [0.29, 0.717) is 25.3 Å².